The lowest BCUT2D eigenvalue weighted by atomic mass is 10.2. The van der Waals surface area contributed by atoms with Crippen molar-refractivity contribution in [2.24, 2.45) is 0 Å². The molecule has 0 aliphatic carbocycles. The summed E-state index contributed by atoms with van der Waals surface area (Å²) in [5.41, 5.74) is 0.903. The van der Waals surface area contributed by atoms with Crippen molar-refractivity contribution < 1.29 is 23.0 Å². The fourth-order valence-electron chi connectivity index (χ4n) is 3.11. The minimum absolute atomic E-state index is 0.0726. The molecule has 1 aromatic carbocycles. The third-order valence-corrected chi connectivity index (χ3v) is 4.80. The van der Waals surface area contributed by atoms with Crippen LogP contribution in [0.3, 0.4) is 0 Å². The molecule has 1 aliphatic rings. The van der Waals surface area contributed by atoms with Crippen LogP contribution in [-0.2, 0) is 4.79 Å². The normalized spacial score (nSPS) is 15.1. The summed E-state index contributed by atoms with van der Waals surface area (Å²) in [6, 6.07) is 5.79. The molecule has 1 aliphatic heterocycles. The average molecular weight is 406 g/mol. The highest BCUT2D eigenvalue weighted by Gasteiger charge is 2.21. The van der Waals surface area contributed by atoms with Crippen LogP contribution in [-0.4, -0.2) is 57.6 Å². The number of carbonyl (C=O) groups is 1. The highest BCUT2D eigenvalue weighted by molar-refractivity contribution is 5.76. The van der Waals surface area contributed by atoms with Crippen LogP contribution >= 0.6 is 0 Å². The van der Waals surface area contributed by atoms with Crippen LogP contribution in [0.1, 0.15) is 12.8 Å². The number of hydrogen-bond acceptors (Lipinski definition) is 4. The molecular formula is C22H28F2N2O3. The Bertz CT molecular complexity index is 754. The van der Waals surface area contributed by atoms with Gasteiger partial charge in [0.25, 0.3) is 6.43 Å². The zero-order chi connectivity index (χ0) is 21.2. The largest absolute Gasteiger partial charge is 0.493 e. The molecule has 0 unspecified atom stereocenters. The van der Waals surface area contributed by atoms with E-state index in [-0.39, 0.29) is 11.5 Å². The van der Waals surface area contributed by atoms with E-state index in [4.69, 9.17) is 9.47 Å². The highest BCUT2D eigenvalue weighted by Crippen LogP contribution is 2.31. The summed E-state index contributed by atoms with van der Waals surface area (Å²) in [6.07, 6.45) is 4.07. The second kappa shape index (κ2) is 11.2. The summed E-state index contributed by atoms with van der Waals surface area (Å²) >= 11 is 0. The molecule has 0 saturated carbocycles. The molecule has 0 aromatic heterocycles. The summed E-state index contributed by atoms with van der Waals surface area (Å²) in [7, 11) is 3.21. The van der Waals surface area contributed by atoms with Crippen LogP contribution < -0.4 is 14.4 Å². The van der Waals surface area contributed by atoms with Crippen molar-refractivity contribution >= 4 is 11.6 Å². The van der Waals surface area contributed by atoms with Gasteiger partial charge in [-0.15, -0.1) is 0 Å². The Morgan fingerprint density at radius 1 is 1.17 bits per heavy atom. The van der Waals surface area contributed by atoms with Crippen LogP contribution in [0, 0.1) is 0 Å². The SMILES string of the molecule is C=C/C(=C\C=C\CCC(=O)N1CCN(c2ccc(OC)c(OC)c2)CC1)C(F)F. The molecule has 1 saturated heterocycles. The molecule has 1 heterocycles. The first-order valence-electron chi connectivity index (χ1n) is 9.52. The van der Waals surface area contributed by atoms with Gasteiger partial charge in [-0.25, -0.2) is 8.78 Å². The van der Waals surface area contributed by atoms with Crippen LogP contribution in [0.2, 0.25) is 0 Å². The average Bonchev–Trinajstić information content (AvgIpc) is 2.75. The van der Waals surface area contributed by atoms with Gasteiger partial charge in [-0.2, -0.15) is 0 Å². The molecule has 0 N–H and O–H groups in total. The van der Waals surface area contributed by atoms with E-state index in [1.807, 2.05) is 23.1 Å². The maximum absolute atomic E-state index is 12.6. The molecule has 158 valence electrons. The topological polar surface area (TPSA) is 42.0 Å². The maximum Gasteiger partial charge on any atom is 0.263 e. The second-order valence-corrected chi connectivity index (χ2v) is 6.55. The number of ether oxygens (including phenoxy) is 2. The Balaban J connectivity index is 1.81. The molecule has 7 heteroatoms. The van der Waals surface area contributed by atoms with Crippen molar-refractivity contribution in [1.29, 1.82) is 0 Å². The van der Waals surface area contributed by atoms with E-state index in [0.29, 0.717) is 37.4 Å². The summed E-state index contributed by atoms with van der Waals surface area (Å²) in [4.78, 5) is 16.4. The number of anilines is 1. The lowest BCUT2D eigenvalue weighted by molar-refractivity contribution is -0.131. The second-order valence-electron chi connectivity index (χ2n) is 6.55. The van der Waals surface area contributed by atoms with Crippen molar-refractivity contribution in [1.82, 2.24) is 4.90 Å². The van der Waals surface area contributed by atoms with E-state index >= 15 is 0 Å². The molecular weight excluding hydrogens is 378 g/mol. The molecule has 29 heavy (non-hydrogen) atoms. The smallest absolute Gasteiger partial charge is 0.263 e. The van der Waals surface area contributed by atoms with Crippen LogP contribution in [0.25, 0.3) is 0 Å². The first-order chi connectivity index (χ1) is 14.0. The van der Waals surface area contributed by atoms with Crippen molar-refractivity contribution in [3.05, 3.63) is 54.7 Å². The summed E-state index contributed by atoms with van der Waals surface area (Å²) < 4.78 is 35.7. The zero-order valence-corrected chi connectivity index (χ0v) is 16.9. The van der Waals surface area contributed by atoms with Crippen molar-refractivity contribution in [2.45, 2.75) is 19.3 Å². The van der Waals surface area contributed by atoms with Crippen molar-refractivity contribution in [2.75, 3.05) is 45.3 Å². The quantitative estimate of drug-likeness (QED) is 0.580. The third-order valence-electron chi connectivity index (χ3n) is 4.80. The Labute approximate surface area is 170 Å². The number of benzene rings is 1. The number of amides is 1. The Morgan fingerprint density at radius 2 is 1.86 bits per heavy atom. The minimum atomic E-state index is -2.54. The van der Waals surface area contributed by atoms with Gasteiger partial charge in [0.05, 0.1) is 14.2 Å². The summed E-state index contributed by atoms with van der Waals surface area (Å²) in [6.45, 7) is 6.11. The molecule has 0 atom stereocenters. The van der Waals surface area contributed by atoms with Crippen molar-refractivity contribution in [3.63, 3.8) is 0 Å². The fraction of sp³-hybridized carbons (Fsp3) is 0.409. The summed E-state index contributed by atoms with van der Waals surface area (Å²) in [5.74, 6) is 1.43. The number of methoxy groups -OCH3 is 2. The number of nitrogens with zero attached hydrogens (tertiary/aromatic N) is 2. The van der Waals surface area contributed by atoms with Gasteiger partial charge in [-0.1, -0.05) is 30.9 Å². The van der Waals surface area contributed by atoms with E-state index in [1.165, 1.54) is 6.08 Å². The van der Waals surface area contributed by atoms with Crippen LogP contribution in [0.5, 0.6) is 11.5 Å². The lowest BCUT2D eigenvalue weighted by Crippen LogP contribution is -2.48. The molecule has 0 spiro atoms. The number of rotatable bonds is 9. The first kappa shape index (κ1) is 22.5. The van der Waals surface area contributed by atoms with Gasteiger partial charge in [-0.3, -0.25) is 4.79 Å². The third kappa shape index (κ3) is 6.34. The molecule has 0 radical (unpaired) electrons. The number of carbonyl (C=O) groups excluding carboxylic acids is 1. The fourth-order valence-corrected chi connectivity index (χ4v) is 3.11. The molecule has 0 bridgehead atoms. The Kier molecular flexibility index (Phi) is 8.70. The van der Waals surface area contributed by atoms with E-state index in [1.54, 1.807) is 26.4 Å². The van der Waals surface area contributed by atoms with E-state index in [2.05, 4.69) is 11.5 Å². The van der Waals surface area contributed by atoms with E-state index < -0.39 is 6.43 Å². The van der Waals surface area contributed by atoms with E-state index in [9.17, 15) is 13.6 Å². The monoisotopic (exact) mass is 406 g/mol. The van der Waals surface area contributed by atoms with Gasteiger partial charge in [-0.05, 0) is 18.6 Å². The number of piperazine rings is 1. The summed E-state index contributed by atoms with van der Waals surface area (Å²) in [5, 5.41) is 0. The minimum Gasteiger partial charge on any atom is -0.493 e. The van der Waals surface area contributed by atoms with Gasteiger partial charge >= 0.3 is 0 Å². The molecule has 1 fully saturated rings. The molecule has 2 rings (SSSR count). The number of alkyl halides is 2. The molecule has 1 aromatic rings. The van der Waals surface area contributed by atoms with Crippen LogP contribution in [0.4, 0.5) is 14.5 Å². The standard InChI is InChI=1S/C22H28F2N2O3/c1-4-17(22(23)24)8-6-5-7-9-21(27)26-14-12-25(13-15-26)18-10-11-19(28-2)20(16-18)29-3/h4-6,8,10-11,16,22H,1,7,9,12-15H2,2-3H3/b6-5+,17-8+. The van der Waals surface area contributed by atoms with Crippen LogP contribution in [0.15, 0.2) is 54.7 Å². The lowest BCUT2D eigenvalue weighted by Gasteiger charge is -2.36. The highest BCUT2D eigenvalue weighted by atomic mass is 19.3. The van der Waals surface area contributed by atoms with Crippen molar-refractivity contribution in [3.8, 4) is 11.5 Å². The van der Waals surface area contributed by atoms with Gasteiger partial charge in [0.2, 0.25) is 5.91 Å². The first-order valence-corrected chi connectivity index (χ1v) is 9.52. The molecule has 1 amide bonds. The Hall–Kier alpha value is -2.83. The van der Waals surface area contributed by atoms with Gasteiger partial charge in [0.1, 0.15) is 0 Å². The zero-order valence-electron chi connectivity index (χ0n) is 16.9. The molecule has 5 nitrogen and oxygen atoms in total. The number of hydrogen-bond donors (Lipinski definition) is 0. The maximum atomic E-state index is 12.6. The number of allylic oxidation sites excluding steroid dienone is 5. The number of halogens is 2. The van der Waals surface area contributed by atoms with Gasteiger partial charge in [0.15, 0.2) is 11.5 Å². The predicted molar refractivity (Wildman–Crippen MR) is 111 cm³/mol. The van der Waals surface area contributed by atoms with E-state index in [0.717, 1.165) is 24.9 Å². The predicted octanol–water partition coefficient (Wildman–Crippen LogP) is 4.07. The Morgan fingerprint density at radius 3 is 2.45 bits per heavy atom. The van der Waals surface area contributed by atoms with Gasteiger partial charge in [0, 0.05) is 49.9 Å². The van der Waals surface area contributed by atoms with Gasteiger partial charge < -0.3 is 19.3 Å².